The molecule has 0 radical (unpaired) electrons. The van der Waals surface area contributed by atoms with Crippen LogP contribution in [0.25, 0.3) is 11.0 Å². The van der Waals surface area contributed by atoms with Crippen LogP contribution in [-0.4, -0.2) is 62.5 Å². The van der Waals surface area contributed by atoms with E-state index in [2.05, 4.69) is 30.2 Å². The monoisotopic (exact) mass is 512 g/mol. The fourth-order valence-corrected chi connectivity index (χ4v) is 4.46. The van der Waals surface area contributed by atoms with Crippen molar-refractivity contribution in [3.8, 4) is 0 Å². The van der Waals surface area contributed by atoms with E-state index in [-0.39, 0.29) is 34.4 Å². The average molecular weight is 513 g/mol. The van der Waals surface area contributed by atoms with Gasteiger partial charge in [-0.2, -0.15) is 0 Å². The van der Waals surface area contributed by atoms with Gasteiger partial charge in [-0.1, -0.05) is 11.6 Å². The van der Waals surface area contributed by atoms with Gasteiger partial charge in [0.25, 0.3) is 5.91 Å². The number of carbonyl (C=O) groups is 1. The molecule has 0 saturated carbocycles. The lowest BCUT2D eigenvalue weighted by Crippen LogP contribution is -2.35. The fourth-order valence-electron chi connectivity index (χ4n) is 4.36. The molecule has 1 saturated heterocycles. The first-order chi connectivity index (χ1) is 17.3. The van der Waals surface area contributed by atoms with E-state index in [1.807, 2.05) is 4.57 Å². The van der Waals surface area contributed by atoms with Crippen molar-refractivity contribution in [2.45, 2.75) is 18.9 Å². The molecule has 0 spiro atoms. The topological polar surface area (TPSA) is 92.1 Å². The van der Waals surface area contributed by atoms with Crippen molar-refractivity contribution in [2.75, 3.05) is 37.4 Å². The minimum Gasteiger partial charge on any atom is -0.345 e. The Hall–Kier alpha value is -3.86. The molecule has 0 unspecified atom stereocenters. The highest BCUT2D eigenvalue weighted by molar-refractivity contribution is 6.30. The molecule has 9 nitrogen and oxygen atoms in total. The second-order valence-corrected chi connectivity index (χ2v) is 9.18. The summed E-state index contributed by atoms with van der Waals surface area (Å²) in [5.74, 6) is -0.714. The van der Waals surface area contributed by atoms with Crippen molar-refractivity contribution in [1.82, 2.24) is 29.4 Å². The number of nitrogens with zero attached hydrogens (tertiary/aromatic N) is 7. The van der Waals surface area contributed by atoms with Crippen molar-refractivity contribution in [2.24, 2.45) is 0 Å². The molecule has 36 heavy (non-hydrogen) atoms. The Bertz CT molecular complexity index is 1420. The molecule has 12 heteroatoms. The molecule has 0 aliphatic carbocycles. The van der Waals surface area contributed by atoms with Gasteiger partial charge in [0.2, 0.25) is 5.95 Å². The smallest absolute Gasteiger partial charge is 0.253 e. The van der Waals surface area contributed by atoms with Crippen molar-refractivity contribution < 1.29 is 13.6 Å². The lowest BCUT2D eigenvalue weighted by Gasteiger charge is -2.32. The summed E-state index contributed by atoms with van der Waals surface area (Å²) >= 11 is 5.88. The molecule has 3 aromatic heterocycles. The van der Waals surface area contributed by atoms with Crippen LogP contribution in [0.1, 0.15) is 29.2 Å². The van der Waals surface area contributed by atoms with E-state index in [0.29, 0.717) is 29.7 Å². The Labute approximate surface area is 210 Å². The number of hydrogen-bond donors (Lipinski definition) is 1. The first kappa shape index (κ1) is 23.9. The summed E-state index contributed by atoms with van der Waals surface area (Å²) in [6.45, 7) is 1.38. The largest absolute Gasteiger partial charge is 0.345 e. The number of piperidine rings is 1. The van der Waals surface area contributed by atoms with Crippen LogP contribution in [0.4, 0.5) is 26.2 Å². The molecule has 5 rings (SSSR count). The molecule has 1 N–H and O–H groups in total. The number of carbonyl (C=O) groups excluding carboxylic acids is 1. The third-order valence-electron chi connectivity index (χ3n) is 6.19. The van der Waals surface area contributed by atoms with E-state index in [1.165, 1.54) is 29.6 Å². The Kier molecular flexibility index (Phi) is 6.40. The normalized spacial score (nSPS) is 14.3. The number of amides is 1. The summed E-state index contributed by atoms with van der Waals surface area (Å²) < 4.78 is 31.7. The summed E-state index contributed by atoms with van der Waals surface area (Å²) in [5.41, 5.74) is 0.711. The quantitative estimate of drug-likeness (QED) is 0.422. The molecule has 1 fully saturated rings. The molecule has 1 aromatic carbocycles. The number of halogens is 3. The number of hydrogen-bond acceptors (Lipinski definition) is 7. The van der Waals surface area contributed by atoms with Gasteiger partial charge in [-0.25, -0.2) is 28.7 Å². The van der Waals surface area contributed by atoms with Crippen molar-refractivity contribution in [3.63, 3.8) is 0 Å². The van der Waals surface area contributed by atoms with E-state index in [0.717, 1.165) is 18.9 Å². The van der Waals surface area contributed by atoms with Crippen LogP contribution in [0.2, 0.25) is 5.02 Å². The summed E-state index contributed by atoms with van der Waals surface area (Å²) in [5, 5.41) is 3.51. The Morgan fingerprint density at radius 2 is 1.81 bits per heavy atom. The Balaban J connectivity index is 1.38. The predicted molar refractivity (Wildman–Crippen MR) is 133 cm³/mol. The van der Waals surface area contributed by atoms with Gasteiger partial charge in [0.1, 0.15) is 23.6 Å². The van der Waals surface area contributed by atoms with E-state index in [1.54, 1.807) is 26.5 Å². The summed E-state index contributed by atoms with van der Waals surface area (Å²) in [4.78, 5) is 32.5. The van der Waals surface area contributed by atoms with Gasteiger partial charge in [0, 0.05) is 45.0 Å². The van der Waals surface area contributed by atoms with Crippen molar-refractivity contribution in [1.29, 1.82) is 0 Å². The minimum atomic E-state index is -0.647. The van der Waals surface area contributed by atoms with Gasteiger partial charge in [-0.15, -0.1) is 0 Å². The van der Waals surface area contributed by atoms with Crippen LogP contribution in [-0.2, 0) is 0 Å². The van der Waals surface area contributed by atoms with E-state index in [9.17, 15) is 9.18 Å². The Morgan fingerprint density at radius 3 is 2.47 bits per heavy atom. The summed E-state index contributed by atoms with van der Waals surface area (Å²) in [6.07, 6.45) is 7.33. The van der Waals surface area contributed by atoms with Crippen LogP contribution < -0.4 is 10.2 Å². The fraction of sp³-hybridized carbons (Fsp3) is 0.292. The lowest BCUT2D eigenvalue weighted by molar-refractivity contribution is 0.0827. The first-order valence-corrected chi connectivity index (χ1v) is 11.7. The number of benzene rings is 1. The van der Waals surface area contributed by atoms with Gasteiger partial charge in [0.05, 0.1) is 28.5 Å². The maximum Gasteiger partial charge on any atom is 0.253 e. The maximum atomic E-state index is 15.1. The minimum absolute atomic E-state index is 0.0105. The summed E-state index contributed by atoms with van der Waals surface area (Å²) in [7, 11) is 3.18. The number of aromatic nitrogens is 5. The lowest BCUT2D eigenvalue weighted by atomic mass is 10.1. The van der Waals surface area contributed by atoms with Crippen molar-refractivity contribution >= 4 is 46.0 Å². The zero-order chi connectivity index (χ0) is 25.4. The Morgan fingerprint density at radius 1 is 1.08 bits per heavy atom. The molecule has 0 bridgehead atoms. The van der Waals surface area contributed by atoms with Crippen LogP contribution >= 0.6 is 11.6 Å². The molecule has 4 heterocycles. The SMILES string of the molecule is CN(C)C(=O)c1ccc(Nc2ncnc3c2c(F)cn3C2CCN(c3ncc(Cl)cn3)CC2)c(F)c1. The maximum absolute atomic E-state index is 15.1. The van der Waals surface area contributed by atoms with Gasteiger partial charge in [0.15, 0.2) is 5.82 Å². The third kappa shape index (κ3) is 4.53. The first-order valence-electron chi connectivity index (χ1n) is 11.3. The number of fused-ring (bicyclic) bond motifs is 1. The highest BCUT2D eigenvalue weighted by Crippen LogP contribution is 2.33. The van der Waals surface area contributed by atoms with E-state index >= 15 is 4.39 Å². The number of rotatable bonds is 5. The molecule has 1 aliphatic heterocycles. The standard InChI is InChI=1S/C24H23ClF2N8O/c1-33(2)23(36)14-3-4-19(17(26)9-14)32-21-20-18(27)12-35(22(20)31-13-30-21)16-5-7-34(8-6-16)24-28-10-15(25)11-29-24/h3-4,9-13,16H,5-8H2,1-2H3,(H,30,31,32). The molecular formula is C24H23ClF2N8O. The second-order valence-electron chi connectivity index (χ2n) is 8.74. The molecule has 4 aromatic rings. The number of anilines is 3. The predicted octanol–water partition coefficient (Wildman–Crippen LogP) is 4.44. The van der Waals surface area contributed by atoms with Crippen LogP contribution in [0.5, 0.6) is 0 Å². The third-order valence-corrected chi connectivity index (χ3v) is 6.38. The van der Waals surface area contributed by atoms with Crippen LogP contribution in [0, 0.1) is 11.6 Å². The summed E-state index contributed by atoms with van der Waals surface area (Å²) in [6, 6.07) is 4.09. The highest BCUT2D eigenvalue weighted by Gasteiger charge is 2.26. The van der Waals surface area contributed by atoms with E-state index in [4.69, 9.17) is 11.6 Å². The van der Waals surface area contributed by atoms with Gasteiger partial charge < -0.3 is 19.7 Å². The average Bonchev–Trinajstić information content (AvgIpc) is 3.22. The van der Waals surface area contributed by atoms with E-state index < -0.39 is 11.6 Å². The molecule has 0 atom stereocenters. The second kappa shape index (κ2) is 9.65. The van der Waals surface area contributed by atoms with Crippen LogP contribution in [0.3, 0.4) is 0 Å². The highest BCUT2D eigenvalue weighted by atomic mass is 35.5. The van der Waals surface area contributed by atoms with Gasteiger partial charge >= 0.3 is 0 Å². The van der Waals surface area contributed by atoms with Crippen LogP contribution in [0.15, 0.2) is 43.1 Å². The van der Waals surface area contributed by atoms with Gasteiger partial charge in [-0.05, 0) is 31.0 Å². The molecule has 186 valence electrons. The molecular weight excluding hydrogens is 490 g/mol. The molecule has 1 aliphatic rings. The number of nitrogens with one attached hydrogen (secondary N) is 1. The molecule has 1 amide bonds. The zero-order valence-electron chi connectivity index (χ0n) is 19.6. The zero-order valence-corrected chi connectivity index (χ0v) is 20.4. The van der Waals surface area contributed by atoms with Gasteiger partial charge in [-0.3, -0.25) is 4.79 Å². The van der Waals surface area contributed by atoms with Crippen molar-refractivity contribution in [3.05, 3.63) is 65.3 Å².